The summed E-state index contributed by atoms with van der Waals surface area (Å²) in [5.74, 6) is -0.818. The van der Waals surface area contributed by atoms with E-state index in [4.69, 9.17) is 11.5 Å². The third kappa shape index (κ3) is 4.31. The molecule has 1 aromatic carbocycles. The molecular formula is C10H11N5O3. The number of nitro benzene ring substituents is 1. The summed E-state index contributed by atoms with van der Waals surface area (Å²) in [6, 6.07) is 5.84. The van der Waals surface area contributed by atoms with Crippen molar-refractivity contribution in [3.8, 4) is 0 Å². The maximum atomic E-state index is 11.2. The molecule has 5 N–H and O–H groups in total. The number of nitrogens with two attached hydrogens (primary N) is 2. The standard InChI is InChI=1S/C10H11N5O3/c11-10(12)14-13-9(16)5-4-7-2-1-3-8(6-7)15(17)18/h1-6H,(H,13,16)(H4,11,12,14)/b5-4+. The maximum absolute atomic E-state index is 11.2. The second-order valence-corrected chi connectivity index (χ2v) is 3.20. The SMILES string of the molecule is NC(N)=NNC(=O)/C=C/c1cccc([N+](=O)[O-])c1. The smallest absolute Gasteiger partial charge is 0.270 e. The number of non-ortho nitro benzene ring substituents is 1. The Morgan fingerprint density at radius 1 is 1.44 bits per heavy atom. The van der Waals surface area contributed by atoms with Crippen molar-refractivity contribution in [3.63, 3.8) is 0 Å². The normalized spacial score (nSPS) is 10.0. The summed E-state index contributed by atoms with van der Waals surface area (Å²) in [5, 5.41) is 13.8. The number of carbonyl (C=O) groups is 1. The van der Waals surface area contributed by atoms with Gasteiger partial charge >= 0.3 is 0 Å². The van der Waals surface area contributed by atoms with Crippen molar-refractivity contribution in [1.82, 2.24) is 5.43 Å². The fraction of sp³-hybridized carbons (Fsp3) is 0. The highest BCUT2D eigenvalue weighted by Crippen LogP contribution is 2.13. The summed E-state index contributed by atoms with van der Waals surface area (Å²) >= 11 is 0. The molecule has 1 amide bonds. The van der Waals surface area contributed by atoms with Gasteiger partial charge in [0.15, 0.2) is 0 Å². The van der Waals surface area contributed by atoms with E-state index in [0.717, 1.165) is 6.08 Å². The van der Waals surface area contributed by atoms with E-state index in [0.29, 0.717) is 5.56 Å². The van der Waals surface area contributed by atoms with Crippen LogP contribution in [-0.2, 0) is 4.79 Å². The van der Waals surface area contributed by atoms with Crippen LogP contribution in [0.15, 0.2) is 35.4 Å². The molecule has 0 spiro atoms. The topological polar surface area (TPSA) is 137 Å². The Bertz CT molecular complexity index is 520. The van der Waals surface area contributed by atoms with Gasteiger partial charge in [-0.05, 0) is 11.6 Å². The number of hydrogen-bond acceptors (Lipinski definition) is 4. The van der Waals surface area contributed by atoms with Crippen LogP contribution in [0.25, 0.3) is 6.08 Å². The van der Waals surface area contributed by atoms with Crippen LogP contribution in [0.2, 0.25) is 0 Å². The van der Waals surface area contributed by atoms with Crippen LogP contribution in [-0.4, -0.2) is 16.8 Å². The lowest BCUT2D eigenvalue weighted by molar-refractivity contribution is -0.384. The lowest BCUT2D eigenvalue weighted by Crippen LogP contribution is -2.28. The highest BCUT2D eigenvalue weighted by Gasteiger charge is 2.03. The van der Waals surface area contributed by atoms with Crippen LogP contribution >= 0.6 is 0 Å². The summed E-state index contributed by atoms with van der Waals surface area (Å²) in [6.45, 7) is 0. The van der Waals surface area contributed by atoms with Crippen molar-refractivity contribution in [1.29, 1.82) is 0 Å². The minimum atomic E-state index is -0.546. The zero-order valence-electron chi connectivity index (χ0n) is 9.24. The predicted molar refractivity (Wildman–Crippen MR) is 66.1 cm³/mol. The first kappa shape index (κ1) is 13.2. The van der Waals surface area contributed by atoms with Crippen molar-refractivity contribution in [2.45, 2.75) is 0 Å². The second kappa shape index (κ2) is 5.99. The van der Waals surface area contributed by atoms with Gasteiger partial charge in [0.25, 0.3) is 11.6 Å². The molecule has 0 bridgehead atoms. The number of nitro groups is 1. The molecule has 0 saturated heterocycles. The highest BCUT2D eigenvalue weighted by molar-refractivity contribution is 5.92. The largest absolute Gasteiger partial charge is 0.369 e. The molecule has 94 valence electrons. The molecular weight excluding hydrogens is 238 g/mol. The molecule has 0 heterocycles. The lowest BCUT2D eigenvalue weighted by Gasteiger charge is -1.95. The Hall–Kier alpha value is -2.90. The third-order valence-corrected chi connectivity index (χ3v) is 1.80. The summed E-state index contributed by atoms with van der Waals surface area (Å²) in [6.07, 6.45) is 2.57. The molecule has 0 aliphatic rings. The number of amides is 1. The zero-order chi connectivity index (χ0) is 13.5. The lowest BCUT2D eigenvalue weighted by atomic mass is 10.2. The number of nitrogens with one attached hydrogen (secondary N) is 1. The summed E-state index contributed by atoms with van der Waals surface area (Å²) in [7, 11) is 0. The molecule has 0 saturated carbocycles. The molecule has 0 aliphatic heterocycles. The van der Waals surface area contributed by atoms with Gasteiger partial charge in [-0.2, -0.15) is 0 Å². The summed E-state index contributed by atoms with van der Waals surface area (Å²) in [4.78, 5) is 21.2. The third-order valence-electron chi connectivity index (χ3n) is 1.80. The fourth-order valence-corrected chi connectivity index (χ4v) is 1.07. The number of carbonyl (C=O) groups excluding carboxylic acids is 1. The van der Waals surface area contributed by atoms with Gasteiger partial charge in [-0.3, -0.25) is 14.9 Å². The Kier molecular flexibility index (Phi) is 4.38. The molecule has 0 atom stereocenters. The minimum Gasteiger partial charge on any atom is -0.369 e. The van der Waals surface area contributed by atoms with Crippen molar-refractivity contribution in [2.75, 3.05) is 0 Å². The summed E-state index contributed by atoms with van der Waals surface area (Å²) < 4.78 is 0. The van der Waals surface area contributed by atoms with Crippen LogP contribution in [0, 0.1) is 10.1 Å². The first-order valence-electron chi connectivity index (χ1n) is 4.80. The van der Waals surface area contributed by atoms with Crippen molar-refractivity contribution in [2.24, 2.45) is 16.6 Å². The molecule has 18 heavy (non-hydrogen) atoms. The number of hydrazone groups is 1. The van der Waals surface area contributed by atoms with E-state index in [1.165, 1.54) is 24.3 Å². The Balaban J connectivity index is 2.72. The van der Waals surface area contributed by atoms with E-state index in [2.05, 4.69) is 10.5 Å². The van der Waals surface area contributed by atoms with E-state index in [9.17, 15) is 14.9 Å². The van der Waals surface area contributed by atoms with Crippen molar-refractivity contribution >= 4 is 23.6 Å². The van der Waals surface area contributed by atoms with Gasteiger partial charge in [0.2, 0.25) is 5.96 Å². The molecule has 1 rings (SSSR count). The number of guanidine groups is 1. The van der Waals surface area contributed by atoms with E-state index < -0.39 is 10.8 Å². The molecule has 8 nitrogen and oxygen atoms in total. The van der Waals surface area contributed by atoms with Gasteiger partial charge in [-0.25, -0.2) is 5.43 Å². The monoisotopic (exact) mass is 249 g/mol. The second-order valence-electron chi connectivity index (χ2n) is 3.20. The van der Waals surface area contributed by atoms with E-state index in [1.54, 1.807) is 6.07 Å². The van der Waals surface area contributed by atoms with Gasteiger partial charge in [0, 0.05) is 18.2 Å². The molecule has 0 aliphatic carbocycles. The average Bonchev–Trinajstić information content (AvgIpc) is 2.34. The average molecular weight is 249 g/mol. The van der Waals surface area contributed by atoms with Crippen molar-refractivity contribution in [3.05, 3.63) is 46.0 Å². The minimum absolute atomic E-state index is 0.0539. The highest BCUT2D eigenvalue weighted by atomic mass is 16.6. The maximum Gasteiger partial charge on any atom is 0.270 e. The fourth-order valence-electron chi connectivity index (χ4n) is 1.07. The molecule has 0 fully saturated rings. The number of nitrogens with zero attached hydrogens (tertiary/aromatic N) is 2. The first-order valence-corrected chi connectivity index (χ1v) is 4.80. The quantitative estimate of drug-likeness (QED) is 0.225. The number of benzene rings is 1. The molecule has 8 heteroatoms. The van der Waals surface area contributed by atoms with Gasteiger partial charge in [-0.1, -0.05) is 12.1 Å². The van der Waals surface area contributed by atoms with Crippen molar-refractivity contribution < 1.29 is 9.72 Å². The van der Waals surface area contributed by atoms with Crippen LogP contribution < -0.4 is 16.9 Å². The van der Waals surface area contributed by atoms with Gasteiger partial charge in [-0.15, -0.1) is 5.10 Å². The first-order chi connectivity index (χ1) is 8.49. The van der Waals surface area contributed by atoms with Gasteiger partial charge < -0.3 is 11.5 Å². The number of hydrogen-bond donors (Lipinski definition) is 3. The van der Waals surface area contributed by atoms with E-state index >= 15 is 0 Å². The predicted octanol–water partition coefficient (Wildman–Crippen LogP) is -0.0874. The van der Waals surface area contributed by atoms with Crippen LogP contribution in [0.1, 0.15) is 5.56 Å². The van der Waals surface area contributed by atoms with Crippen LogP contribution in [0.5, 0.6) is 0 Å². The summed E-state index contributed by atoms with van der Waals surface area (Å²) in [5.41, 5.74) is 12.6. The molecule has 1 aromatic rings. The molecule has 0 radical (unpaired) electrons. The van der Waals surface area contributed by atoms with Gasteiger partial charge in [0.1, 0.15) is 0 Å². The van der Waals surface area contributed by atoms with E-state index in [1.807, 2.05) is 0 Å². The molecule has 0 unspecified atom stereocenters. The Morgan fingerprint density at radius 2 is 2.17 bits per heavy atom. The Morgan fingerprint density at radius 3 is 2.78 bits per heavy atom. The van der Waals surface area contributed by atoms with E-state index in [-0.39, 0.29) is 11.6 Å². The van der Waals surface area contributed by atoms with Gasteiger partial charge in [0.05, 0.1) is 4.92 Å². The molecule has 0 aromatic heterocycles. The van der Waals surface area contributed by atoms with Crippen LogP contribution in [0.3, 0.4) is 0 Å². The Labute approximate surface area is 102 Å². The number of rotatable bonds is 4. The van der Waals surface area contributed by atoms with Crippen LogP contribution in [0.4, 0.5) is 5.69 Å². The zero-order valence-corrected chi connectivity index (χ0v) is 9.24.